The lowest BCUT2D eigenvalue weighted by molar-refractivity contribution is 0.202. The Morgan fingerprint density at radius 2 is 2.11 bits per heavy atom. The van der Waals surface area contributed by atoms with Crippen LogP contribution in [-0.4, -0.2) is 41.3 Å². The molecular weight excluding hydrogens is 264 g/mol. The number of ether oxygens (including phenoxy) is 1. The van der Waals surface area contributed by atoms with Crippen molar-refractivity contribution >= 4 is 10.0 Å². The van der Waals surface area contributed by atoms with Gasteiger partial charge in [0.05, 0.1) is 11.5 Å². The van der Waals surface area contributed by atoms with Crippen LogP contribution in [0.1, 0.15) is 12.0 Å². The Morgan fingerprint density at radius 1 is 1.37 bits per heavy atom. The van der Waals surface area contributed by atoms with Gasteiger partial charge in [-0.3, -0.25) is 0 Å². The van der Waals surface area contributed by atoms with Gasteiger partial charge in [0.25, 0.3) is 0 Å². The Balaban J connectivity index is 2.03. The first kappa shape index (κ1) is 14.5. The van der Waals surface area contributed by atoms with Gasteiger partial charge in [0.2, 0.25) is 10.0 Å². The van der Waals surface area contributed by atoms with Crippen molar-refractivity contribution in [3.05, 3.63) is 29.8 Å². The van der Waals surface area contributed by atoms with Crippen molar-refractivity contribution in [2.75, 3.05) is 26.8 Å². The summed E-state index contributed by atoms with van der Waals surface area (Å²) in [6.45, 7) is 2.20. The van der Waals surface area contributed by atoms with Crippen molar-refractivity contribution in [2.45, 2.75) is 23.8 Å². The molecule has 1 aromatic rings. The maximum absolute atomic E-state index is 12.1. The van der Waals surface area contributed by atoms with Crippen LogP contribution in [0.15, 0.2) is 29.2 Å². The van der Waals surface area contributed by atoms with E-state index in [1.807, 2.05) is 12.1 Å². The molecule has 0 aromatic heterocycles. The SMILES string of the molecule is COCCc1ccc(S(=O)(=O)NC2CCNC2)cc1. The third-order valence-electron chi connectivity index (χ3n) is 3.21. The minimum Gasteiger partial charge on any atom is -0.384 e. The fourth-order valence-corrected chi connectivity index (χ4v) is 3.37. The molecule has 0 bridgehead atoms. The summed E-state index contributed by atoms with van der Waals surface area (Å²) in [6, 6.07) is 6.96. The number of benzene rings is 1. The molecule has 1 heterocycles. The number of methoxy groups -OCH3 is 1. The molecule has 5 nitrogen and oxygen atoms in total. The maximum atomic E-state index is 12.1. The van der Waals surface area contributed by atoms with Gasteiger partial charge in [-0.05, 0) is 37.1 Å². The van der Waals surface area contributed by atoms with Gasteiger partial charge in [-0.2, -0.15) is 0 Å². The van der Waals surface area contributed by atoms with Gasteiger partial charge >= 0.3 is 0 Å². The van der Waals surface area contributed by atoms with Crippen LogP contribution in [0.3, 0.4) is 0 Å². The number of hydrogen-bond acceptors (Lipinski definition) is 4. The molecule has 0 amide bonds. The summed E-state index contributed by atoms with van der Waals surface area (Å²) >= 11 is 0. The van der Waals surface area contributed by atoms with Crippen LogP contribution in [0.25, 0.3) is 0 Å². The number of rotatable bonds is 6. The first-order valence-electron chi connectivity index (χ1n) is 6.43. The van der Waals surface area contributed by atoms with Gasteiger partial charge in [-0.1, -0.05) is 12.1 Å². The molecule has 1 aliphatic rings. The van der Waals surface area contributed by atoms with Crippen molar-refractivity contribution in [1.29, 1.82) is 0 Å². The Morgan fingerprint density at radius 3 is 2.68 bits per heavy atom. The predicted molar refractivity (Wildman–Crippen MR) is 73.6 cm³/mol. The van der Waals surface area contributed by atoms with Crippen LogP contribution < -0.4 is 10.0 Å². The lowest BCUT2D eigenvalue weighted by Gasteiger charge is -2.12. The van der Waals surface area contributed by atoms with Crippen molar-refractivity contribution in [3.63, 3.8) is 0 Å². The van der Waals surface area contributed by atoms with E-state index < -0.39 is 10.0 Å². The largest absolute Gasteiger partial charge is 0.384 e. The van der Waals surface area contributed by atoms with E-state index in [1.54, 1.807) is 19.2 Å². The van der Waals surface area contributed by atoms with Crippen LogP contribution in [0.4, 0.5) is 0 Å². The van der Waals surface area contributed by atoms with E-state index in [4.69, 9.17) is 4.74 Å². The summed E-state index contributed by atoms with van der Waals surface area (Å²) in [5, 5.41) is 3.14. The minimum absolute atomic E-state index is 0.00170. The van der Waals surface area contributed by atoms with E-state index in [-0.39, 0.29) is 6.04 Å². The first-order chi connectivity index (χ1) is 9.12. The maximum Gasteiger partial charge on any atom is 0.240 e. The zero-order valence-corrected chi connectivity index (χ0v) is 11.9. The standard InChI is InChI=1S/C13H20N2O3S/c1-18-9-7-11-2-4-13(5-3-11)19(16,17)15-12-6-8-14-10-12/h2-5,12,14-15H,6-10H2,1H3. The van der Waals surface area contributed by atoms with Gasteiger partial charge in [0.1, 0.15) is 0 Å². The molecule has 1 unspecified atom stereocenters. The second kappa shape index (κ2) is 6.47. The summed E-state index contributed by atoms with van der Waals surface area (Å²) in [7, 11) is -1.75. The topological polar surface area (TPSA) is 67.4 Å². The van der Waals surface area contributed by atoms with E-state index >= 15 is 0 Å². The zero-order chi connectivity index (χ0) is 13.7. The number of sulfonamides is 1. The molecule has 0 spiro atoms. The first-order valence-corrected chi connectivity index (χ1v) is 7.91. The fraction of sp³-hybridized carbons (Fsp3) is 0.538. The molecule has 2 N–H and O–H groups in total. The highest BCUT2D eigenvalue weighted by atomic mass is 32.2. The molecular formula is C13H20N2O3S. The van der Waals surface area contributed by atoms with Crippen molar-refractivity contribution < 1.29 is 13.2 Å². The number of hydrogen-bond donors (Lipinski definition) is 2. The minimum atomic E-state index is -3.40. The Kier molecular flexibility index (Phi) is 4.93. The van der Waals surface area contributed by atoms with Crippen LogP contribution in [0.2, 0.25) is 0 Å². The molecule has 0 aliphatic carbocycles. The van der Waals surface area contributed by atoms with Gasteiger partial charge in [0.15, 0.2) is 0 Å². The Labute approximate surface area is 114 Å². The quantitative estimate of drug-likeness (QED) is 0.799. The molecule has 1 fully saturated rings. The summed E-state index contributed by atoms with van der Waals surface area (Å²) in [4.78, 5) is 0.320. The highest BCUT2D eigenvalue weighted by Gasteiger charge is 2.22. The molecule has 6 heteroatoms. The lowest BCUT2D eigenvalue weighted by atomic mass is 10.2. The van der Waals surface area contributed by atoms with Crippen LogP contribution in [0.5, 0.6) is 0 Å². The molecule has 1 atom stereocenters. The second-order valence-corrected chi connectivity index (χ2v) is 6.41. The molecule has 0 saturated carbocycles. The molecule has 2 rings (SSSR count). The van der Waals surface area contributed by atoms with E-state index in [0.717, 1.165) is 24.9 Å². The molecule has 19 heavy (non-hydrogen) atoms. The van der Waals surface area contributed by atoms with Crippen LogP contribution >= 0.6 is 0 Å². The van der Waals surface area contributed by atoms with E-state index in [2.05, 4.69) is 10.0 Å². The van der Waals surface area contributed by atoms with Gasteiger partial charge in [-0.25, -0.2) is 13.1 Å². The number of nitrogens with one attached hydrogen (secondary N) is 2. The molecule has 106 valence electrons. The smallest absolute Gasteiger partial charge is 0.240 e. The van der Waals surface area contributed by atoms with Crippen molar-refractivity contribution in [2.24, 2.45) is 0 Å². The normalized spacial score (nSPS) is 19.7. The van der Waals surface area contributed by atoms with Gasteiger partial charge < -0.3 is 10.1 Å². The van der Waals surface area contributed by atoms with Crippen molar-refractivity contribution in [3.8, 4) is 0 Å². The average Bonchev–Trinajstić information content (AvgIpc) is 2.89. The third kappa shape index (κ3) is 4.01. The van der Waals surface area contributed by atoms with Gasteiger partial charge in [-0.15, -0.1) is 0 Å². The highest BCUT2D eigenvalue weighted by Crippen LogP contribution is 2.13. The summed E-state index contributed by atoms with van der Waals surface area (Å²) < 4.78 is 32.0. The molecule has 0 radical (unpaired) electrons. The lowest BCUT2D eigenvalue weighted by Crippen LogP contribution is -2.36. The van der Waals surface area contributed by atoms with Gasteiger partial charge in [0, 0.05) is 19.7 Å². The highest BCUT2D eigenvalue weighted by molar-refractivity contribution is 7.89. The Hall–Kier alpha value is -0.950. The summed E-state index contributed by atoms with van der Waals surface area (Å²) in [5.74, 6) is 0. The van der Waals surface area contributed by atoms with Crippen LogP contribution in [0, 0.1) is 0 Å². The van der Waals surface area contributed by atoms with Crippen molar-refractivity contribution in [1.82, 2.24) is 10.0 Å². The molecule has 1 aromatic carbocycles. The monoisotopic (exact) mass is 284 g/mol. The summed E-state index contributed by atoms with van der Waals surface area (Å²) in [5.41, 5.74) is 1.07. The second-order valence-electron chi connectivity index (χ2n) is 4.70. The van der Waals surface area contributed by atoms with E-state index in [0.29, 0.717) is 18.0 Å². The summed E-state index contributed by atoms with van der Waals surface area (Å²) in [6.07, 6.45) is 1.63. The third-order valence-corrected chi connectivity index (χ3v) is 4.75. The van der Waals surface area contributed by atoms with Crippen LogP contribution in [-0.2, 0) is 21.2 Å². The Bertz CT molecular complexity index is 493. The fourth-order valence-electron chi connectivity index (χ4n) is 2.10. The predicted octanol–water partition coefficient (Wildman–Crippen LogP) is 0.516. The average molecular weight is 284 g/mol. The molecule has 1 saturated heterocycles. The van der Waals surface area contributed by atoms with E-state index in [1.165, 1.54) is 0 Å². The molecule has 1 aliphatic heterocycles. The zero-order valence-electron chi connectivity index (χ0n) is 11.1. The van der Waals surface area contributed by atoms with E-state index in [9.17, 15) is 8.42 Å².